The van der Waals surface area contributed by atoms with Gasteiger partial charge in [-0.1, -0.05) is 60.7 Å². The Morgan fingerprint density at radius 3 is 1.50 bits per heavy atom. The topological polar surface area (TPSA) is 34.1 Å². The summed E-state index contributed by atoms with van der Waals surface area (Å²) in [6.45, 7) is 0. The van der Waals surface area contributed by atoms with Crippen LogP contribution in [0.25, 0.3) is 22.3 Å². The molecule has 2 nitrogen and oxygen atoms in total. The van der Waals surface area contributed by atoms with Crippen molar-refractivity contribution in [2.75, 3.05) is 0 Å². The van der Waals surface area contributed by atoms with Crippen LogP contribution in [0.1, 0.15) is 20.7 Å². The number of carbonyl (C=O) groups excluding carboxylic acids is 2. The lowest BCUT2D eigenvalue weighted by atomic mass is 10.0. The predicted octanol–water partition coefficient (Wildman–Crippen LogP) is 4.08. The first-order valence-electron chi connectivity index (χ1n) is 6.37. The third-order valence-corrected chi connectivity index (χ3v) is 3.46. The van der Waals surface area contributed by atoms with Crippen molar-refractivity contribution in [1.29, 1.82) is 0 Å². The van der Waals surface area contributed by atoms with Crippen LogP contribution < -0.4 is 0 Å². The van der Waals surface area contributed by atoms with Gasteiger partial charge in [0.25, 0.3) is 0 Å². The first kappa shape index (κ1) is 12.3. The molecule has 2 aliphatic rings. The SMILES string of the molecule is O=Cc1c2cccccc-2c(C=O)c1-c1ccccc1. The van der Waals surface area contributed by atoms with E-state index in [2.05, 4.69) is 0 Å². The molecule has 0 atom stereocenters. The first-order valence-corrected chi connectivity index (χ1v) is 6.37. The highest BCUT2D eigenvalue weighted by Crippen LogP contribution is 2.40. The average molecular weight is 260 g/mol. The summed E-state index contributed by atoms with van der Waals surface area (Å²) in [6, 6.07) is 18.9. The number of hydrogen-bond acceptors (Lipinski definition) is 2. The molecule has 0 N–H and O–H groups in total. The molecule has 96 valence electrons. The molecule has 0 aliphatic heterocycles. The van der Waals surface area contributed by atoms with Crippen molar-refractivity contribution in [3.05, 3.63) is 71.8 Å². The third-order valence-electron chi connectivity index (χ3n) is 3.46. The van der Waals surface area contributed by atoms with Crippen LogP contribution in [-0.2, 0) is 0 Å². The van der Waals surface area contributed by atoms with E-state index >= 15 is 0 Å². The fraction of sp³-hybridized carbons (Fsp3) is 0. The summed E-state index contributed by atoms with van der Waals surface area (Å²) in [5, 5.41) is 0. The smallest absolute Gasteiger partial charge is 0.151 e. The maximum Gasteiger partial charge on any atom is 0.151 e. The Morgan fingerprint density at radius 2 is 1.05 bits per heavy atom. The van der Waals surface area contributed by atoms with Gasteiger partial charge in [0.15, 0.2) is 12.6 Å². The van der Waals surface area contributed by atoms with Gasteiger partial charge in [0.05, 0.1) is 0 Å². The molecule has 1 aromatic rings. The molecule has 0 radical (unpaired) electrons. The largest absolute Gasteiger partial charge is 0.298 e. The van der Waals surface area contributed by atoms with Gasteiger partial charge in [-0.25, -0.2) is 0 Å². The number of rotatable bonds is 3. The average Bonchev–Trinajstić information content (AvgIpc) is 2.64. The maximum atomic E-state index is 11.5. The summed E-state index contributed by atoms with van der Waals surface area (Å²) >= 11 is 0. The van der Waals surface area contributed by atoms with Gasteiger partial charge in [-0.3, -0.25) is 9.59 Å². The van der Waals surface area contributed by atoms with Crippen LogP contribution in [0.4, 0.5) is 0 Å². The van der Waals surface area contributed by atoms with E-state index in [1.54, 1.807) is 0 Å². The molecule has 1 aromatic carbocycles. The van der Waals surface area contributed by atoms with E-state index in [4.69, 9.17) is 0 Å². The fourth-order valence-corrected chi connectivity index (χ4v) is 2.59. The molecule has 0 bridgehead atoms. The highest BCUT2D eigenvalue weighted by molar-refractivity contribution is 6.10. The molecule has 0 saturated heterocycles. The van der Waals surface area contributed by atoms with Crippen molar-refractivity contribution in [3.63, 3.8) is 0 Å². The van der Waals surface area contributed by atoms with Crippen LogP contribution in [0.3, 0.4) is 0 Å². The summed E-state index contributed by atoms with van der Waals surface area (Å²) in [4.78, 5) is 23.1. The normalized spacial score (nSPS) is 10.4. The Hall–Kier alpha value is -2.74. The van der Waals surface area contributed by atoms with Gasteiger partial charge in [-0.2, -0.15) is 0 Å². The summed E-state index contributed by atoms with van der Waals surface area (Å²) in [7, 11) is 0. The number of carbonyl (C=O) groups is 2. The van der Waals surface area contributed by atoms with Crippen LogP contribution in [0.5, 0.6) is 0 Å². The minimum atomic E-state index is 0.574. The van der Waals surface area contributed by atoms with Crippen molar-refractivity contribution >= 4 is 12.6 Å². The van der Waals surface area contributed by atoms with E-state index in [-0.39, 0.29) is 0 Å². The van der Waals surface area contributed by atoms with Crippen LogP contribution in [0.15, 0.2) is 60.7 Å². The predicted molar refractivity (Wildman–Crippen MR) is 79.3 cm³/mol. The second-order valence-electron chi connectivity index (χ2n) is 4.54. The molecule has 0 fully saturated rings. The lowest BCUT2D eigenvalue weighted by Gasteiger charge is -2.01. The van der Waals surface area contributed by atoms with E-state index in [0.29, 0.717) is 11.1 Å². The minimum absolute atomic E-state index is 0.574. The molecule has 0 aromatic heterocycles. The molecule has 0 spiro atoms. The zero-order valence-corrected chi connectivity index (χ0v) is 10.7. The Balaban J connectivity index is 2.44. The molecule has 2 aliphatic carbocycles. The molecular formula is C18H12O2. The summed E-state index contributed by atoms with van der Waals surface area (Å²) < 4.78 is 0. The molecule has 0 heterocycles. The van der Waals surface area contributed by atoms with Crippen LogP contribution >= 0.6 is 0 Å². The molecule has 3 rings (SSSR count). The highest BCUT2D eigenvalue weighted by atomic mass is 16.1. The highest BCUT2D eigenvalue weighted by Gasteiger charge is 2.22. The van der Waals surface area contributed by atoms with Crippen molar-refractivity contribution in [3.8, 4) is 22.3 Å². The Morgan fingerprint density at radius 1 is 0.600 bits per heavy atom. The van der Waals surface area contributed by atoms with Crippen LogP contribution in [0.2, 0.25) is 0 Å². The van der Waals surface area contributed by atoms with E-state index in [1.807, 2.05) is 60.7 Å². The molecule has 0 unspecified atom stereocenters. The molecule has 0 saturated carbocycles. The maximum absolute atomic E-state index is 11.5. The molecule has 20 heavy (non-hydrogen) atoms. The van der Waals surface area contributed by atoms with Gasteiger partial charge in [0.2, 0.25) is 0 Å². The van der Waals surface area contributed by atoms with E-state index < -0.39 is 0 Å². The minimum Gasteiger partial charge on any atom is -0.298 e. The zero-order chi connectivity index (χ0) is 13.9. The second-order valence-corrected chi connectivity index (χ2v) is 4.54. The van der Waals surface area contributed by atoms with Crippen LogP contribution in [-0.4, -0.2) is 12.6 Å². The van der Waals surface area contributed by atoms with E-state index in [1.165, 1.54) is 0 Å². The lowest BCUT2D eigenvalue weighted by Crippen LogP contribution is -1.86. The van der Waals surface area contributed by atoms with E-state index in [9.17, 15) is 9.59 Å². The first-order chi connectivity index (χ1) is 9.86. The summed E-state index contributed by atoms with van der Waals surface area (Å²) in [5.74, 6) is 0. The Labute approximate surface area is 117 Å². The van der Waals surface area contributed by atoms with Crippen molar-refractivity contribution < 1.29 is 9.59 Å². The second kappa shape index (κ2) is 5.10. The lowest BCUT2D eigenvalue weighted by molar-refractivity contribution is 0.112. The Bertz CT molecular complexity index is 702. The standard InChI is InChI=1S/C18H12O2/c19-11-16-14-9-5-2-6-10-15(14)17(12-20)18(16)13-7-3-1-4-8-13/h1-12H. The molecule has 2 heteroatoms. The van der Waals surface area contributed by atoms with Gasteiger partial charge < -0.3 is 0 Å². The van der Waals surface area contributed by atoms with Crippen LogP contribution in [0, 0.1) is 0 Å². The van der Waals surface area contributed by atoms with Gasteiger partial charge in [0.1, 0.15) is 0 Å². The number of fused-ring (bicyclic) bond motifs is 1. The molecule has 0 amide bonds. The number of benzene rings is 1. The van der Waals surface area contributed by atoms with Gasteiger partial charge in [0, 0.05) is 16.7 Å². The fourth-order valence-electron chi connectivity index (χ4n) is 2.59. The van der Waals surface area contributed by atoms with E-state index in [0.717, 1.165) is 34.8 Å². The van der Waals surface area contributed by atoms with Gasteiger partial charge >= 0.3 is 0 Å². The number of hydrogen-bond donors (Lipinski definition) is 0. The zero-order valence-electron chi connectivity index (χ0n) is 10.7. The number of aldehydes is 2. The summed E-state index contributed by atoms with van der Waals surface area (Å²) in [5.41, 5.74) is 4.37. The van der Waals surface area contributed by atoms with Gasteiger partial charge in [-0.05, 0) is 16.7 Å². The quantitative estimate of drug-likeness (QED) is 0.665. The third kappa shape index (κ3) is 1.82. The monoisotopic (exact) mass is 260 g/mol. The van der Waals surface area contributed by atoms with Crippen molar-refractivity contribution in [2.24, 2.45) is 0 Å². The summed E-state index contributed by atoms with van der Waals surface area (Å²) in [6.07, 6.45) is 1.66. The van der Waals surface area contributed by atoms with Gasteiger partial charge in [-0.15, -0.1) is 0 Å². The van der Waals surface area contributed by atoms with Crippen molar-refractivity contribution in [2.45, 2.75) is 0 Å². The molecular weight excluding hydrogens is 248 g/mol. The Kier molecular flexibility index (Phi) is 3.13. The van der Waals surface area contributed by atoms with Crippen molar-refractivity contribution in [1.82, 2.24) is 0 Å².